The second-order valence-corrected chi connectivity index (χ2v) is 5.55. The highest BCUT2D eigenvalue weighted by Gasteiger charge is 2.24. The van der Waals surface area contributed by atoms with Crippen molar-refractivity contribution in [2.45, 2.75) is 57.4 Å². The number of carboxylic acids is 1. The van der Waals surface area contributed by atoms with Gasteiger partial charge in [0.1, 0.15) is 6.04 Å². The Labute approximate surface area is 127 Å². The molecule has 126 valence electrons. The van der Waals surface area contributed by atoms with Crippen molar-refractivity contribution >= 4 is 17.8 Å². The van der Waals surface area contributed by atoms with Gasteiger partial charge >= 0.3 is 5.97 Å². The van der Waals surface area contributed by atoms with Crippen molar-refractivity contribution in [3.8, 4) is 0 Å². The number of hydrogen-bond donors (Lipinski definition) is 3. The number of rotatable bonds is 9. The van der Waals surface area contributed by atoms with E-state index in [-0.39, 0.29) is 5.91 Å². The molecule has 0 aromatic heterocycles. The molecule has 0 bridgehead atoms. The van der Waals surface area contributed by atoms with Crippen LogP contribution in [0.15, 0.2) is 0 Å². The highest BCUT2D eigenvalue weighted by atomic mass is 19.3. The molecule has 1 aliphatic carbocycles. The predicted molar refractivity (Wildman–Crippen MR) is 74.4 cm³/mol. The summed E-state index contributed by atoms with van der Waals surface area (Å²) in [6.45, 7) is -0.406. The van der Waals surface area contributed by atoms with Gasteiger partial charge in [0, 0.05) is 12.8 Å². The maximum Gasteiger partial charge on any atom is 0.326 e. The molecule has 1 saturated carbocycles. The lowest BCUT2D eigenvalue weighted by molar-refractivity contribution is -0.142. The molecular formula is C14H22F2N2O4. The van der Waals surface area contributed by atoms with Crippen LogP contribution in [0, 0.1) is 5.92 Å². The van der Waals surface area contributed by atoms with E-state index in [1.807, 2.05) is 5.32 Å². The second kappa shape index (κ2) is 9.32. The van der Waals surface area contributed by atoms with Gasteiger partial charge in [-0.25, -0.2) is 13.6 Å². The van der Waals surface area contributed by atoms with Crippen LogP contribution in [0.25, 0.3) is 0 Å². The van der Waals surface area contributed by atoms with E-state index >= 15 is 0 Å². The Hall–Kier alpha value is -1.73. The topological polar surface area (TPSA) is 95.5 Å². The van der Waals surface area contributed by atoms with Crippen LogP contribution in [-0.4, -0.2) is 41.9 Å². The largest absolute Gasteiger partial charge is 0.480 e. The smallest absolute Gasteiger partial charge is 0.326 e. The Morgan fingerprint density at radius 2 is 1.77 bits per heavy atom. The summed E-state index contributed by atoms with van der Waals surface area (Å²) in [6.07, 6.45) is 1.93. The highest BCUT2D eigenvalue weighted by molar-refractivity contribution is 5.87. The Bertz CT molecular complexity index is 398. The standard InChI is InChI=1S/C14H22F2N2O4/c15-11(16)7-10(14(21)22)18-13(20)8-17-12(19)6-5-9-3-1-2-4-9/h9-11H,1-8H2,(H,17,19)(H,18,20)(H,21,22). The van der Waals surface area contributed by atoms with Crippen LogP contribution in [0.1, 0.15) is 44.9 Å². The average molecular weight is 320 g/mol. The van der Waals surface area contributed by atoms with Gasteiger partial charge in [0.25, 0.3) is 0 Å². The molecule has 0 aliphatic heterocycles. The van der Waals surface area contributed by atoms with E-state index in [0.29, 0.717) is 12.3 Å². The van der Waals surface area contributed by atoms with Crippen LogP contribution in [0.2, 0.25) is 0 Å². The minimum Gasteiger partial charge on any atom is -0.480 e. The number of carbonyl (C=O) groups is 3. The van der Waals surface area contributed by atoms with Gasteiger partial charge in [-0.2, -0.15) is 0 Å². The highest BCUT2D eigenvalue weighted by Crippen LogP contribution is 2.28. The maximum absolute atomic E-state index is 12.2. The molecule has 0 aromatic rings. The summed E-state index contributed by atoms with van der Waals surface area (Å²) in [6, 6.07) is -1.65. The normalized spacial score (nSPS) is 16.5. The van der Waals surface area contributed by atoms with Crippen molar-refractivity contribution in [1.82, 2.24) is 10.6 Å². The van der Waals surface area contributed by atoms with Gasteiger partial charge in [0.15, 0.2) is 0 Å². The molecule has 6 nitrogen and oxygen atoms in total. The quantitative estimate of drug-likeness (QED) is 0.597. The van der Waals surface area contributed by atoms with E-state index in [1.54, 1.807) is 0 Å². The number of amides is 2. The van der Waals surface area contributed by atoms with Crippen LogP contribution in [0.3, 0.4) is 0 Å². The molecule has 1 atom stereocenters. The summed E-state index contributed by atoms with van der Waals surface area (Å²) < 4.78 is 24.3. The zero-order valence-corrected chi connectivity index (χ0v) is 12.3. The van der Waals surface area contributed by atoms with Gasteiger partial charge in [0.05, 0.1) is 6.54 Å². The van der Waals surface area contributed by atoms with E-state index in [9.17, 15) is 23.2 Å². The van der Waals surface area contributed by atoms with Crippen molar-refractivity contribution in [2.24, 2.45) is 5.92 Å². The van der Waals surface area contributed by atoms with Crippen molar-refractivity contribution in [3.63, 3.8) is 0 Å². The van der Waals surface area contributed by atoms with Crippen molar-refractivity contribution < 1.29 is 28.3 Å². The number of nitrogens with one attached hydrogen (secondary N) is 2. The molecule has 0 radical (unpaired) electrons. The number of carboxylic acid groups (broad SMARTS) is 1. The lowest BCUT2D eigenvalue weighted by atomic mass is 10.0. The summed E-state index contributed by atoms with van der Waals surface area (Å²) in [5.41, 5.74) is 0. The van der Waals surface area contributed by atoms with Gasteiger partial charge in [-0.15, -0.1) is 0 Å². The van der Waals surface area contributed by atoms with Gasteiger partial charge in [-0.05, 0) is 12.3 Å². The zero-order valence-electron chi connectivity index (χ0n) is 12.3. The third-order valence-electron chi connectivity index (χ3n) is 3.75. The summed E-state index contributed by atoms with van der Waals surface area (Å²) in [5.74, 6) is -2.05. The van der Waals surface area contributed by atoms with E-state index in [1.165, 1.54) is 12.8 Å². The number of hydrogen-bond acceptors (Lipinski definition) is 3. The molecule has 0 spiro atoms. The second-order valence-electron chi connectivity index (χ2n) is 5.55. The molecular weight excluding hydrogens is 298 g/mol. The van der Waals surface area contributed by atoms with Crippen LogP contribution in [0.5, 0.6) is 0 Å². The Morgan fingerprint density at radius 3 is 2.32 bits per heavy atom. The Balaban J connectivity index is 2.22. The first kappa shape index (κ1) is 18.3. The average Bonchev–Trinajstić information content (AvgIpc) is 2.94. The molecule has 1 unspecified atom stereocenters. The van der Waals surface area contributed by atoms with E-state index in [2.05, 4.69) is 5.32 Å². The lowest BCUT2D eigenvalue weighted by Crippen LogP contribution is -2.46. The van der Waals surface area contributed by atoms with Crippen LogP contribution < -0.4 is 10.6 Å². The summed E-state index contributed by atoms with van der Waals surface area (Å²) in [5, 5.41) is 13.1. The Kier molecular flexibility index (Phi) is 7.76. The maximum atomic E-state index is 12.2. The molecule has 8 heteroatoms. The minimum atomic E-state index is -2.83. The van der Waals surface area contributed by atoms with Gasteiger partial charge < -0.3 is 15.7 Å². The van der Waals surface area contributed by atoms with Crippen LogP contribution >= 0.6 is 0 Å². The SMILES string of the molecule is O=C(CCC1CCCC1)NCC(=O)NC(CC(F)F)C(=O)O. The van der Waals surface area contributed by atoms with Crippen molar-refractivity contribution in [1.29, 1.82) is 0 Å². The first-order valence-electron chi connectivity index (χ1n) is 7.45. The summed E-state index contributed by atoms with van der Waals surface area (Å²) in [7, 11) is 0. The fourth-order valence-electron chi connectivity index (χ4n) is 2.55. The minimum absolute atomic E-state index is 0.289. The van der Waals surface area contributed by atoms with Gasteiger partial charge in [0.2, 0.25) is 18.2 Å². The Morgan fingerprint density at radius 1 is 1.14 bits per heavy atom. The molecule has 2 amide bonds. The molecule has 1 rings (SSSR count). The number of aliphatic carboxylic acids is 1. The third-order valence-corrected chi connectivity index (χ3v) is 3.75. The van der Waals surface area contributed by atoms with E-state index in [0.717, 1.165) is 19.3 Å². The molecule has 1 fully saturated rings. The monoisotopic (exact) mass is 320 g/mol. The van der Waals surface area contributed by atoms with Crippen LogP contribution in [0.4, 0.5) is 8.78 Å². The van der Waals surface area contributed by atoms with Crippen LogP contribution in [-0.2, 0) is 14.4 Å². The van der Waals surface area contributed by atoms with Gasteiger partial charge in [-0.1, -0.05) is 25.7 Å². The fraction of sp³-hybridized carbons (Fsp3) is 0.786. The lowest BCUT2D eigenvalue weighted by Gasteiger charge is -2.14. The number of halogens is 2. The molecule has 0 aromatic carbocycles. The molecule has 1 aliphatic rings. The molecule has 0 saturated heterocycles. The van der Waals surface area contributed by atoms with Crippen molar-refractivity contribution in [2.75, 3.05) is 6.54 Å². The van der Waals surface area contributed by atoms with E-state index < -0.39 is 37.3 Å². The predicted octanol–water partition coefficient (Wildman–Crippen LogP) is 1.30. The molecule has 3 N–H and O–H groups in total. The third kappa shape index (κ3) is 7.33. The first-order chi connectivity index (χ1) is 10.4. The fourth-order valence-corrected chi connectivity index (χ4v) is 2.55. The zero-order chi connectivity index (χ0) is 16.5. The summed E-state index contributed by atoms with van der Waals surface area (Å²) >= 11 is 0. The van der Waals surface area contributed by atoms with E-state index in [4.69, 9.17) is 5.11 Å². The van der Waals surface area contributed by atoms with Crippen molar-refractivity contribution in [3.05, 3.63) is 0 Å². The first-order valence-corrected chi connectivity index (χ1v) is 7.45. The number of alkyl halides is 2. The molecule has 0 heterocycles. The summed E-state index contributed by atoms with van der Waals surface area (Å²) in [4.78, 5) is 33.8. The van der Waals surface area contributed by atoms with Gasteiger partial charge in [-0.3, -0.25) is 9.59 Å². The number of carbonyl (C=O) groups excluding carboxylic acids is 2. The molecule has 22 heavy (non-hydrogen) atoms.